The number of hydrogen-bond donors (Lipinski definition) is 2. The Morgan fingerprint density at radius 3 is 2.38 bits per heavy atom. The molecule has 148 valence electrons. The predicted octanol–water partition coefficient (Wildman–Crippen LogP) is 2.04. The molecule has 0 radical (unpaired) electrons. The van der Waals surface area contributed by atoms with Crippen LogP contribution in [-0.2, 0) is 14.8 Å². The van der Waals surface area contributed by atoms with E-state index in [9.17, 15) is 17.6 Å². The van der Waals surface area contributed by atoms with E-state index in [2.05, 4.69) is 5.32 Å². The highest BCUT2D eigenvalue weighted by atomic mass is 35.5. The van der Waals surface area contributed by atoms with Crippen LogP contribution in [0.1, 0.15) is 38.5 Å². The molecule has 6 nitrogen and oxygen atoms in total. The van der Waals surface area contributed by atoms with Crippen molar-refractivity contribution in [3.63, 3.8) is 0 Å². The Balaban J connectivity index is 0.00000338. The van der Waals surface area contributed by atoms with E-state index in [1.807, 2.05) is 0 Å². The zero-order valence-corrected chi connectivity index (χ0v) is 16.5. The van der Waals surface area contributed by atoms with Crippen LogP contribution in [0.25, 0.3) is 0 Å². The SMILES string of the molecule is CN(CCCC(=O)NC1(CN)CCCC1)S(=O)(=O)c1ccc(F)cc1.Cl. The Bertz CT molecular complexity index is 692. The molecule has 0 heterocycles. The van der Waals surface area contributed by atoms with Gasteiger partial charge in [0.15, 0.2) is 0 Å². The minimum absolute atomic E-state index is 0. The summed E-state index contributed by atoms with van der Waals surface area (Å²) in [6.45, 7) is 0.639. The number of rotatable bonds is 8. The maximum atomic E-state index is 12.9. The highest BCUT2D eigenvalue weighted by Crippen LogP contribution is 2.28. The van der Waals surface area contributed by atoms with Crippen LogP contribution < -0.4 is 11.1 Å². The first kappa shape index (κ1) is 22.8. The molecule has 0 aliphatic heterocycles. The van der Waals surface area contributed by atoms with Crippen molar-refractivity contribution in [3.8, 4) is 0 Å². The molecule has 1 fully saturated rings. The zero-order valence-electron chi connectivity index (χ0n) is 14.9. The van der Waals surface area contributed by atoms with Crippen LogP contribution >= 0.6 is 12.4 Å². The summed E-state index contributed by atoms with van der Waals surface area (Å²) in [6, 6.07) is 4.70. The fraction of sp³-hybridized carbons (Fsp3) is 0.588. The van der Waals surface area contributed by atoms with Gasteiger partial charge in [-0.15, -0.1) is 12.4 Å². The van der Waals surface area contributed by atoms with Crippen molar-refractivity contribution >= 4 is 28.3 Å². The molecule has 1 saturated carbocycles. The molecule has 0 atom stereocenters. The number of carbonyl (C=O) groups excluding carboxylic acids is 1. The monoisotopic (exact) mass is 407 g/mol. The third-order valence-corrected chi connectivity index (χ3v) is 6.63. The van der Waals surface area contributed by atoms with Gasteiger partial charge in [-0.2, -0.15) is 0 Å². The van der Waals surface area contributed by atoms with E-state index in [0.29, 0.717) is 13.0 Å². The Morgan fingerprint density at radius 2 is 1.85 bits per heavy atom. The van der Waals surface area contributed by atoms with Crippen molar-refractivity contribution in [2.45, 2.75) is 49.0 Å². The first-order valence-electron chi connectivity index (χ1n) is 8.52. The van der Waals surface area contributed by atoms with Crippen molar-refractivity contribution in [3.05, 3.63) is 30.1 Å². The molecule has 1 amide bonds. The van der Waals surface area contributed by atoms with E-state index in [0.717, 1.165) is 37.8 Å². The molecule has 1 aliphatic carbocycles. The summed E-state index contributed by atoms with van der Waals surface area (Å²) in [7, 11) is -2.22. The van der Waals surface area contributed by atoms with E-state index in [1.54, 1.807) is 0 Å². The van der Waals surface area contributed by atoms with Crippen LogP contribution in [0.2, 0.25) is 0 Å². The molecular weight excluding hydrogens is 381 g/mol. The Hall–Kier alpha value is -1.22. The summed E-state index contributed by atoms with van der Waals surface area (Å²) in [4.78, 5) is 12.2. The van der Waals surface area contributed by atoms with Crippen molar-refractivity contribution < 1.29 is 17.6 Å². The Labute approximate surface area is 160 Å². The van der Waals surface area contributed by atoms with Crippen molar-refractivity contribution in [2.75, 3.05) is 20.1 Å². The normalized spacial score (nSPS) is 16.3. The molecule has 3 N–H and O–H groups in total. The maximum absolute atomic E-state index is 12.9. The first-order valence-corrected chi connectivity index (χ1v) is 9.96. The summed E-state index contributed by atoms with van der Waals surface area (Å²) in [5, 5.41) is 3.02. The second kappa shape index (κ2) is 9.64. The molecule has 1 aliphatic rings. The van der Waals surface area contributed by atoms with Gasteiger partial charge < -0.3 is 11.1 Å². The summed E-state index contributed by atoms with van der Waals surface area (Å²) >= 11 is 0. The molecule has 1 aromatic rings. The van der Waals surface area contributed by atoms with E-state index < -0.39 is 15.8 Å². The molecule has 26 heavy (non-hydrogen) atoms. The molecule has 1 aromatic carbocycles. The third kappa shape index (κ3) is 5.64. The third-order valence-electron chi connectivity index (χ3n) is 4.75. The number of benzene rings is 1. The summed E-state index contributed by atoms with van der Waals surface area (Å²) in [5.41, 5.74) is 5.51. The first-order chi connectivity index (χ1) is 11.8. The second-order valence-electron chi connectivity index (χ2n) is 6.62. The number of nitrogens with two attached hydrogens (primary N) is 1. The summed E-state index contributed by atoms with van der Waals surface area (Å²) < 4.78 is 38.9. The number of carbonyl (C=O) groups is 1. The molecular formula is C17H27ClFN3O3S. The van der Waals surface area contributed by atoms with Crippen molar-refractivity contribution in [1.82, 2.24) is 9.62 Å². The van der Waals surface area contributed by atoms with Gasteiger partial charge in [0, 0.05) is 26.6 Å². The Kier molecular flexibility index (Phi) is 8.46. The molecule has 0 saturated heterocycles. The van der Waals surface area contributed by atoms with Gasteiger partial charge in [0.1, 0.15) is 5.82 Å². The highest BCUT2D eigenvalue weighted by Gasteiger charge is 2.33. The lowest BCUT2D eigenvalue weighted by molar-refractivity contribution is -0.123. The highest BCUT2D eigenvalue weighted by molar-refractivity contribution is 7.89. The number of amides is 1. The van der Waals surface area contributed by atoms with E-state index in [-0.39, 0.29) is 41.7 Å². The van der Waals surface area contributed by atoms with Crippen LogP contribution in [0.4, 0.5) is 4.39 Å². The van der Waals surface area contributed by atoms with Gasteiger partial charge >= 0.3 is 0 Å². The number of sulfonamides is 1. The fourth-order valence-electron chi connectivity index (χ4n) is 3.16. The molecule has 0 unspecified atom stereocenters. The topological polar surface area (TPSA) is 92.5 Å². The molecule has 2 rings (SSSR count). The van der Waals surface area contributed by atoms with Gasteiger partial charge in [0.05, 0.1) is 10.4 Å². The molecule has 0 spiro atoms. The zero-order chi connectivity index (χ0) is 18.5. The van der Waals surface area contributed by atoms with E-state index >= 15 is 0 Å². The number of halogens is 2. The van der Waals surface area contributed by atoms with E-state index in [1.165, 1.54) is 23.5 Å². The average molecular weight is 408 g/mol. The fourth-order valence-corrected chi connectivity index (χ4v) is 4.37. The standard InChI is InChI=1S/C17H26FN3O3S.ClH/c1-21(25(23,24)15-8-6-14(18)7-9-15)12-4-5-16(22)20-17(13-19)10-2-3-11-17;/h6-9H,2-5,10-13,19H2,1H3,(H,20,22);1H. The van der Waals surface area contributed by atoms with E-state index in [4.69, 9.17) is 5.73 Å². The maximum Gasteiger partial charge on any atom is 0.242 e. The second-order valence-corrected chi connectivity index (χ2v) is 8.67. The van der Waals surface area contributed by atoms with Gasteiger partial charge in [-0.3, -0.25) is 4.79 Å². The van der Waals surface area contributed by atoms with Gasteiger partial charge in [0.25, 0.3) is 0 Å². The summed E-state index contributed by atoms with van der Waals surface area (Å²) in [6.07, 6.45) is 4.57. The predicted molar refractivity (Wildman–Crippen MR) is 101 cm³/mol. The number of hydrogen-bond acceptors (Lipinski definition) is 4. The Morgan fingerprint density at radius 1 is 1.27 bits per heavy atom. The molecule has 0 aromatic heterocycles. The minimum Gasteiger partial charge on any atom is -0.349 e. The number of nitrogens with one attached hydrogen (secondary N) is 1. The van der Waals surface area contributed by atoms with Crippen LogP contribution in [0, 0.1) is 5.82 Å². The van der Waals surface area contributed by atoms with Gasteiger partial charge in [-0.05, 0) is 43.5 Å². The number of nitrogens with zero attached hydrogens (tertiary/aromatic N) is 1. The average Bonchev–Trinajstić information content (AvgIpc) is 3.04. The van der Waals surface area contributed by atoms with Crippen LogP contribution in [0.15, 0.2) is 29.2 Å². The van der Waals surface area contributed by atoms with Crippen LogP contribution in [0.5, 0.6) is 0 Å². The lowest BCUT2D eigenvalue weighted by atomic mass is 9.97. The molecule has 9 heteroatoms. The van der Waals surface area contributed by atoms with Crippen LogP contribution in [0.3, 0.4) is 0 Å². The van der Waals surface area contributed by atoms with Gasteiger partial charge in [-0.25, -0.2) is 17.1 Å². The smallest absolute Gasteiger partial charge is 0.242 e. The minimum atomic E-state index is -3.68. The van der Waals surface area contributed by atoms with Crippen LogP contribution in [-0.4, -0.2) is 44.3 Å². The quantitative estimate of drug-likeness (QED) is 0.689. The lowest BCUT2D eigenvalue weighted by Gasteiger charge is -2.28. The van der Waals surface area contributed by atoms with Crippen molar-refractivity contribution in [2.24, 2.45) is 5.73 Å². The lowest BCUT2D eigenvalue weighted by Crippen LogP contribution is -2.51. The van der Waals surface area contributed by atoms with Gasteiger partial charge in [0.2, 0.25) is 15.9 Å². The largest absolute Gasteiger partial charge is 0.349 e. The van der Waals surface area contributed by atoms with Gasteiger partial charge in [-0.1, -0.05) is 12.8 Å². The van der Waals surface area contributed by atoms with Crippen molar-refractivity contribution in [1.29, 1.82) is 0 Å². The molecule has 0 bridgehead atoms. The summed E-state index contributed by atoms with van der Waals surface area (Å²) in [5.74, 6) is -0.584.